The van der Waals surface area contributed by atoms with Gasteiger partial charge in [-0.05, 0) is 38.0 Å². The Labute approximate surface area is 92.5 Å². The second-order valence-corrected chi connectivity index (χ2v) is 4.69. The number of hydrogen-bond donors (Lipinski definition) is 1. The molecule has 0 aliphatic rings. The van der Waals surface area contributed by atoms with Crippen LogP contribution in [-0.4, -0.2) is 24.3 Å². The molecule has 1 aromatic rings. The Hall–Kier alpha value is -1.02. The molecule has 0 bridgehead atoms. The Bertz CT molecular complexity index is 297. The van der Waals surface area contributed by atoms with Crippen molar-refractivity contribution in [1.29, 1.82) is 0 Å². The molecule has 0 aliphatic heterocycles. The zero-order chi connectivity index (χ0) is 11.5. The van der Waals surface area contributed by atoms with Crippen LogP contribution in [0.5, 0.6) is 0 Å². The quantitative estimate of drug-likeness (QED) is 0.819. The van der Waals surface area contributed by atoms with Crippen molar-refractivity contribution in [1.82, 2.24) is 0 Å². The Balaban J connectivity index is 2.70. The lowest BCUT2D eigenvalue weighted by atomic mass is 10.1. The predicted octanol–water partition coefficient (Wildman–Crippen LogP) is 2.46. The van der Waals surface area contributed by atoms with E-state index < -0.39 is 5.60 Å². The second-order valence-electron chi connectivity index (χ2n) is 4.69. The van der Waals surface area contributed by atoms with Crippen molar-refractivity contribution in [2.24, 2.45) is 0 Å². The SMILES string of the molecule is CCc1ccc(N(C)CC(C)(C)O)cc1. The molecule has 0 spiro atoms. The molecule has 0 saturated heterocycles. The third-order valence-corrected chi connectivity index (χ3v) is 2.41. The molecule has 0 heterocycles. The van der Waals surface area contributed by atoms with Gasteiger partial charge in [-0.15, -0.1) is 0 Å². The lowest BCUT2D eigenvalue weighted by Gasteiger charge is -2.27. The molecule has 1 rings (SSSR count). The molecule has 2 nitrogen and oxygen atoms in total. The minimum atomic E-state index is -0.655. The third kappa shape index (κ3) is 3.92. The molecule has 15 heavy (non-hydrogen) atoms. The molecule has 0 unspecified atom stereocenters. The minimum absolute atomic E-state index is 0.637. The molecule has 0 saturated carbocycles. The molecular weight excluding hydrogens is 186 g/mol. The van der Waals surface area contributed by atoms with Crippen LogP contribution in [0.1, 0.15) is 26.3 Å². The molecule has 84 valence electrons. The van der Waals surface area contributed by atoms with Gasteiger partial charge in [0.1, 0.15) is 0 Å². The summed E-state index contributed by atoms with van der Waals surface area (Å²) in [5.74, 6) is 0. The summed E-state index contributed by atoms with van der Waals surface area (Å²) >= 11 is 0. The molecule has 0 amide bonds. The standard InChI is InChI=1S/C13H21NO/c1-5-11-6-8-12(9-7-11)14(4)10-13(2,3)15/h6-9,15H,5,10H2,1-4H3. The van der Waals surface area contributed by atoms with E-state index in [1.807, 2.05) is 20.9 Å². The molecular formula is C13H21NO. The van der Waals surface area contributed by atoms with Crippen LogP contribution in [-0.2, 0) is 6.42 Å². The number of benzene rings is 1. The Morgan fingerprint density at radius 3 is 2.13 bits per heavy atom. The minimum Gasteiger partial charge on any atom is -0.389 e. The van der Waals surface area contributed by atoms with Gasteiger partial charge in [0.2, 0.25) is 0 Å². The highest BCUT2D eigenvalue weighted by atomic mass is 16.3. The summed E-state index contributed by atoms with van der Waals surface area (Å²) in [6.07, 6.45) is 1.06. The first-order chi connectivity index (χ1) is 6.92. The van der Waals surface area contributed by atoms with E-state index >= 15 is 0 Å². The van der Waals surface area contributed by atoms with Gasteiger partial charge in [-0.3, -0.25) is 0 Å². The molecule has 0 fully saturated rings. The van der Waals surface area contributed by atoms with Gasteiger partial charge in [-0.1, -0.05) is 19.1 Å². The monoisotopic (exact) mass is 207 g/mol. The van der Waals surface area contributed by atoms with Gasteiger partial charge in [0.15, 0.2) is 0 Å². The van der Waals surface area contributed by atoms with Crippen LogP contribution >= 0.6 is 0 Å². The Morgan fingerprint density at radius 1 is 1.20 bits per heavy atom. The van der Waals surface area contributed by atoms with Crippen LogP contribution in [0.2, 0.25) is 0 Å². The zero-order valence-electron chi connectivity index (χ0n) is 10.1. The third-order valence-electron chi connectivity index (χ3n) is 2.41. The zero-order valence-corrected chi connectivity index (χ0v) is 10.1. The van der Waals surface area contributed by atoms with E-state index in [0.29, 0.717) is 6.54 Å². The summed E-state index contributed by atoms with van der Waals surface area (Å²) in [6, 6.07) is 8.47. The highest BCUT2D eigenvalue weighted by molar-refractivity contribution is 5.47. The smallest absolute Gasteiger partial charge is 0.0765 e. The topological polar surface area (TPSA) is 23.5 Å². The number of rotatable bonds is 4. The van der Waals surface area contributed by atoms with E-state index in [1.54, 1.807) is 0 Å². The molecule has 2 heteroatoms. The summed E-state index contributed by atoms with van der Waals surface area (Å²) in [5, 5.41) is 9.71. The summed E-state index contributed by atoms with van der Waals surface area (Å²) in [5.41, 5.74) is 1.84. The summed E-state index contributed by atoms with van der Waals surface area (Å²) in [6.45, 7) is 6.43. The van der Waals surface area contributed by atoms with Crippen molar-refractivity contribution in [3.63, 3.8) is 0 Å². The van der Waals surface area contributed by atoms with E-state index in [-0.39, 0.29) is 0 Å². The Kier molecular flexibility index (Phi) is 3.75. The normalized spacial score (nSPS) is 11.5. The summed E-state index contributed by atoms with van der Waals surface area (Å²) in [7, 11) is 2.00. The number of aryl methyl sites for hydroxylation is 1. The second kappa shape index (κ2) is 4.67. The van der Waals surface area contributed by atoms with Gasteiger partial charge in [-0.25, -0.2) is 0 Å². The maximum Gasteiger partial charge on any atom is 0.0765 e. The predicted molar refractivity (Wildman–Crippen MR) is 65.4 cm³/mol. The van der Waals surface area contributed by atoms with E-state index in [2.05, 4.69) is 36.1 Å². The largest absolute Gasteiger partial charge is 0.389 e. The van der Waals surface area contributed by atoms with Crippen LogP contribution in [0.15, 0.2) is 24.3 Å². The van der Waals surface area contributed by atoms with E-state index in [0.717, 1.165) is 12.1 Å². The van der Waals surface area contributed by atoms with E-state index in [4.69, 9.17) is 0 Å². The van der Waals surface area contributed by atoms with Gasteiger partial charge in [-0.2, -0.15) is 0 Å². The first-order valence-electron chi connectivity index (χ1n) is 5.45. The van der Waals surface area contributed by atoms with Gasteiger partial charge < -0.3 is 10.0 Å². The maximum atomic E-state index is 9.71. The van der Waals surface area contributed by atoms with Crippen LogP contribution in [0.4, 0.5) is 5.69 Å². The fourth-order valence-electron chi connectivity index (χ4n) is 1.66. The summed E-state index contributed by atoms with van der Waals surface area (Å²) < 4.78 is 0. The van der Waals surface area contributed by atoms with Gasteiger partial charge in [0, 0.05) is 19.3 Å². The van der Waals surface area contributed by atoms with Crippen molar-refractivity contribution in [2.75, 3.05) is 18.5 Å². The van der Waals surface area contributed by atoms with Crippen molar-refractivity contribution in [2.45, 2.75) is 32.8 Å². The lowest BCUT2D eigenvalue weighted by molar-refractivity contribution is 0.0886. The van der Waals surface area contributed by atoms with E-state index in [1.165, 1.54) is 5.56 Å². The number of hydrogen-bond acceptors (Lipinski definition) is 2. The highest BCUT2D eigenvalue weighted by Crippen LogP contribution is 2.16. The van der Waals surface area contributed by atoms with Gasteiger partial charge in [0.05, 0.1) is 5.60 Å². The number of aliphatic hydroxyl groups is 1. The molecule has 1 N–H and O–H groups in total. The Morgan fingerprint density at radius 2 is 1.73 bits per heavy atom. The molecule has 0 aromatic heterocycles. The van der Waals surface area contributed by atoms with Crippen LogP contribution in [0.25, 0.3) is 0 Å². The maximum absolute atomic E-state index is 9.71. The lowest BCUT2D eigenvalue weighted by Crippen LogP contribution is -2.36. The average Bonchev–Trinajstić information content (AvgIpc) is 2.15. The first kappa shape index (κ1) is 12.1. The van der Waals surface area contributed by atoms with Crippen LogP contribution in [0.3, 0.4) is 0 Å². The van der Waals surface area contributed by atoms with Gasteiger partial charge >= 0.3 is 0 Å². The molecule has 0 atom stereocenters. The van der Waals surface area contributed by atoms with Crippen molar-refractivity contribution >= 4 is 5.69 Å². The number of anilines is 1. The fourth-order valence-corrected chi connectivity index (χ4v) is 1.66. The highest BCUT2D eigenvalue weighted by Gasteiger charge is 2.15. The van der Waals surface area contributed by atoms with Crippen molar-refractivity contribution in [3.05, 3.63) is 29.8 Å². The average molecular weight is 207 g/mol. The number of likely N-dealkylation sites (N-methyl/N-ethyl adjacent to an activating group) is 1. The van der Waals surface area contributed by atoms with Crippen LogP contribution in [0, 0.1) is 0 Å². The van der Waals surface area contributed by atoms with Crippen LogP contribution < -0.4 is 4.90 Å². The first-order valence-corrected chi connectivity index (χ1v) is 5.45. The van der Waals surface area contributed by atoms with E-state index in [9.17, 15) is 5.11 Å². The van der Waals surface area contributed by atoms with Gasteiger partial charge in [0.25, 0.3) is 0 Å². The molecule has 0 radical (unpaired) electrons. The molecule has 1 aromatic carbocycles. The van der Waals surface area contributed by atoms with Crippen molar-refractivity contribution in [3.8, 4) is 0 Å². The number of nitrogens with zero attached hydrogens (tertiary/aromatic N) is 1. The van der Waals surface area contributed by atoms with Crippen molar-refractivity contribution < 1.29 is 5.11 Å². The fraction of sp³-hybridized carbons (Fsp3) is 0.538. The molecule has 0 aliphatic carbocycles. The summed E-state index contributed by atoms with van der Waals surface area (Å²) in [4.78, 5) is 2.07.